The average molecular weight is 251 g/mol. The highest BCUT2D eigenvalue weighted by atomic mass is 35.5. The molecule has 0 aromatic carbocycles. The zero-order valence-electron chi connectivity index (χ0n) is 10.3. The molecule has 0 N–H and O–H groups in total. The monoisotopic (exact) mass is 250 g/mol. The van der Waals surface area contributed by atoms with Crippen LogP contribution in [0.1, 0.15) is 26.2 Å². The third-order valence-corrected chi connectivity index (χ3v) is 4.02. The van der Waals surface area contributed by atoms with Gasteiger partial charge >= 0.3 is 0 Å². The molecule has 1 aliphatic rings. The predicted molar refractivity (Wildman–Crippen MR) is 65.1 cm³/mol. The van der Waals surface area contributed by atoms with Gasteiger partial charge in [0.1, 0.15) is 0 Å². The minimum absolute atomic E-state index is 0.173. The summed E-state index contributed by atoms with van der Waals surface area (Å²) in [6.45, 7) is 5.10. The van der Waals surface area contributed by atoms with Crippen molar-refractivity contribution in [3.05, 3.63) is 0 Å². The van der Waals surface area contributed by atoms with Gasteiger partial charge in [-0.15, -0.1) is 11.6 Å². The largest absolute Gasteiger partial charge is 0.382 e. The molecule has 4 heteroatoms. The summed E-state index contributed by atoms with van der Waals surface area (Å²) in [5.41, 5.74) is 0.173. The number of ether oxygens (including phenoxy) is 3. The second-order valence-electron chi connectivity index (χ2n) is 4.47. The van der Waals surface area contributed by atoms with Gasteiger partial charge in [-0.2, -0.15) is 0 Å². The molecule has 0 bridgehead atoms. The van der Waals surface area contributed by atoms with Gasteiger partial charge in [-0.25, -0.2) is 0 Å². The maximum absolute atomic E-state index is 6.08. The zero-order chi connectivity index (χ0) is 11.9. The highest BCUT2D eigenvalue weighted by Crippen LogP contribution is 2.40. The van der Waals surface area contributed by atoms with Gasteiger partial charge in [-0.05, 0) is 26.2 Å². The molecular formula is C12H23ClO3. The number of alkyl halides is 1. The van der Waals surface area contributed by atoms with Crippen molar-refractivity contribution in [3.8, 4) is 0 Å². The zero-order valence-corrected chi connectivity index (χ0v) is 11.1. The highest BCUT2D eigenvalue weighted by Gasteiger charge is 2.40. The lowest BCUT2D eigenvalue weighted by molar-refractivity contribution is 0.0480. The smallest absolute Gasteiger partial charge is 0.0700 e. The van der Waals surface area contributed by atoms with Crippen LogP contribution in [0, 0.1) is 5.41 Å². The molecule has 96 valence electrons. The summed E-state index contributed by atoms with van der Waals surface area (Å²) in [4.78, 5) is 0. The summed E-state index contributed by atoms with van der Waals surface area (Å²) in [7, 11) is 1.68. The van der Waals surface area contributed by atoms with E-state index < -0.39 is 0 Å². The Kier molecular flexibility index (Phi) is 6.66. The van der Waals surface area contributed by atoms with Crippen molar-refractivity contribution in [2.45, 2.75) is 32.3 Å². The van der Waals surface area contributed by atoms with Crippen LogP contribution in [0.4, 0.5) is 0 Å². The van der Waals surface area contributed by atoms with Crippen LogP contribution in [-0.2, 0) is 14.2 Å². The Bertz CT molecular complexity index is 189. The number of hydrogen-bond acceptors (Lipinski definition) is 3. The van der Waals surface area contributed by atoms with Gasteiger partial charge < -0.3 is 14.2 Å². The maximum atomic E-state index is 6.08. The van der Waals surface area contributed by atoms with Crippen molar-refractivity contribution in [2.75, 3.05) is 39.4 Å². The van der Waals surface area contributed by atoms with Crippen molar-refractivity contribution >= 4 is 11.6 Å². The van der Waals surface area contributed by atoms with E-state index in [4.69, 9.17) is 25.8 Å². The Morgan fingerprint density at radius 1 is 1.38 bits per heavy atom. The second-order valence-corrected chi connectivity index (χ2v) is 4.74. The molecule has 2 atom stereocenters. The van der Waals surface area contributed by atoms with Gasteiger partial charge in [0.05, 0.1) is 19.3 Å². The standard InChI is InChI=1S/C12H23ClO3/c1-11-12(10-13,5-7-16-11)4-3-6-15-9-8-14-2/h11H,3-10H2,1-2H3. The van der Waals surface area contributed by atoms with Crippen molar-refractivity contribution in [3.63, 3.8) is 0 Å². The molecule has 0 aromatic rings. The Balaban J connectivity index is 2.14. The van der Waals surface area contributed by atoms with Crippen molar-refractivity contribution in [2.24, 2.45) is 5.41 Å². The van der Waals surface area contributed by atoms with E-state index >= 15 is 0 Å². The van der Waals surface area contributed by atoms with E-state index in [0.717, 1.165) is 32.5 Å². The third-order valence-electron chi connectivity index (χ3n) is 3.49. The fourth-order valence-electron chi connectivity index (χ4n) is 2.16. The lowest BCUT2D eigenvalue weighted by atomic mass is 9.79. The van der Waals surface area contributed by atoms with Crippen molar-refractivity contribution in [1.82, 2.24) is 0 Å². The number of halogens is 1. The molecule has 3 nitrogen and oxygen atoms in total. The molecule has 0 aliphatic carbocycles. The van der Waals surface area contributed by atoms with E-state index in [9.17, 15) is 0 Å². The number of hydrogen-bond donors (Lipinski definition) is 0. The molecule has 1 heterocycles. The fraction of sp³-hybridized carbons (Fsp3) is 1.00. The van der Waals surface area contributed by atoms with Gasteiger partial charge in [0, 0.05) is 31.6 Å². The molecule has 0 saturated carbocycles. The summed E-state index contributed by atoms with van der Waals surface area (Å²) < 4.78 is 16.0. The van der Waals surface area contributed by atoms with Gasteiger partial charge in [0.25, 0.3) is 0 Å². The lowest BCUT2D eigenvalue weighted by Crippen LogP contribution is -2.31. The average Bonchev–Trinajstić information content (AvgIpc) is 2.66. The van der Waals surface area contributed by atoms with Crippen LogP contribution in [0.5, 0.6) is 0 Å². The molecule has 0 radical (unpaired) electrons. The van der Waals surface area contributed by atoms with E-state index in [2.05, 4.69) is 6.92 Å². The van der Waals surface area contributed by atoms with Gasteiger partial charge in [0.15, 0.2) is 0 Å². The van der Waals surface area contributed by atoms with E-state index in [1.165, 1.54) is 0 Å². The normalized spacial score (nSPS) is 29.8. The summed E-state index contributed by atoms with van der Waals surface area (Å²) in [5.74, 6) is 0.687. The second kappa shape index (κ2) is 7.49. The minimum atomic E-state index is 0.173. The van der Waals surface area contributed by atoms with Crippen LogP contribution in [0.15, 0.2) is 0 Å². The first-order valence-electron chi connectivity index (χ1n) is 5.99. The van der Waals surface area contributed by atoms with E-state index in [1.807, 2.05) is 0 Å². The summed E-state index contributed by atoms with van der Waals surface area (Å²) in [6.07, 6.45) is 3.49. The van der Waals surface area contributed by atoms with Crippen LogP contribution in [0.2, 0.25) is 0 Å². The first-order valence-corrected chi connectivity index (χ1v) is 6.53. The van der Waals surface area contributed by atoms with E-state index in [-0.39, 0.29) is 11.5 Å². The van der Waals surface area contributed by atoms with Gasteiger partial charge in [-0.1, -0.05) is 0 Å². The lowest BCUT2D eigenvalue weighted by Gasteiger charge is -2.29. The molecule has 16 heavy (non-hydrogen) atoms. The topological polar surface area (TPSA) is 27.7 Å². The maximum Gasteiger partial charge on any atom is 0.0700 e. The van der Waals surface area contributed by atoms with Crippen LogP contribution < -0.4 is 0 Å². The molecule has 1 fully saturated rings. The van der Waals surface area contributed by atoms with E-state index in [1.54, 1.807) is 7.11 Å². The first-order chi connectivity index (χ1) is 7.75. The first kappa shape index (κ1) is 14.2. The summed E-state index contributed by atoms with van der Waals surface area (Å²) in [5, 5.41) is 0. The fourth-order valence-corrected chi connectivity index (χ4v) is 2.64. The van der Waals surface area contributed by atoms with Crippen molar-refractivity contribution in [1.29, 1.82) is 0 Å². The Morgan fingerprint density at radius 3 is 2.75 bits per heavy atom. The molecule has 0 spiro atoms. The third kappa shape index (κ3) is 3.88. The Labute approximate surface area is 103 Å². The molecule has 2 unspecified atom stereocenters. The molecule has 1 rings (SSSR count). The molecule has 1 saturated heterocycles. The van der Waals surface area contributed by atoms with Gasteiger partial charge in [0.2, 0.25) is 0 Å². The molecule has 0 aromatic heterocycles. The number of rotatable bonds is 8. The Hall–Kier alpha value is 0.170. The summed E-state index contributed by atoms with van der Waals surface area (Å²) >= 11 is 6.08. The van der Waals surface area contributed by atoms with Crippen LogP contribution in [-0.4, -0.2) is 45.5 Å². The predicted octanol–water partition coefficient (Wildman–Crippen LogP) is 2.46. The summed E-state index contributed by atoms with van der Waals surface area (Å²) in [6, 6.07) is 0. The van der Waals surface area contributed by atoms with E-state index in [0.29, 0.717) is 19.1 Å². The SMILES string of the molecule is COCCOCCCC1(CCl)CCOC1C. The highest BCUT2D eigenvalue weighted by molar-refractivity contribution is 6.18. The van der Waals surface area contributed by atoms with Crippen LogP contribution in [0.3, 0.4) is 0 Å². The number of methoxy groups -OCH3 is 1. The molecule has 0 amide bonds. The molecule has 1 aliphatic heterocycles. The minimum Gasteiger partial charge on any atom is -0.382 e. The Morgan fingerprint density at radius 2 is 2.19 bits per heavy atom. The molecular weight excluding hydrogens is 228 g/mol. The van der Waals surface area contributed by atoms with Gasteiger partial charge in [-0.3, -0.25) is 0 Å². The van der Waals surface area contributed by atoms with Crippen LogP contribution >= 0.6 is 11.6 Å². The van der Waals surface area contributed by atoms with Crippen LogP contribution in [0.25, 0.3) is 0 Å². The quantitative estimate of drug-likeness (QED) is 0.489. The van der Waals surface area contributed by atoms with Crippen molar-refractivity contribution < 1.29 is 14.2 Å².